The molecule has 0 N–H and O–H groups in total. The van der Waals surface area contributed by atoms with Crippen LogP contribution in [0.15, 0.2) is 16.7 Å². The van der Waals surface area contributed by atoms with E-state index in [0.717, 1.165) is 16.8 Å². The molecule has 1 unspecified atom stereocenters. The molecular formula is C9H11Br2ClN2. The van der Waals surface area contributed by atoms with Crippen molar-refractivity contribution < 1.29 is 0 Å². The molecule has 0 aliphatic carbocycles. The topological polar surface area (TPSA) is 16.1 Å². The summed E-state index contributed by atoms with van der Waals surface area (Å²) in [5.41, 5.74) is 0. The van der Waals surface area contributed by atoms with Crippen molar-refractivity contribution in [3.05, 3.63) is 21.8 Å². The Morgan fingerprint density at radius 3 is 2.79 bits per heavy atom. The van der Waals surface area contributed by atoms with Crippen LogP contribution in [0.5, 0.6) is 0 Å². The van der Waals surface area contributed by atoms with Gasteiger partial charge in [0.05, 0.1) is 5.02 Å². The van der Waals surface area contributed by atoms with Gasteiger partial charge in [-0.2, -0.15) is 0 Å². The Morgan fingerprint density at radius 1 is 1.64 bits per heavy atom. The number of aromatic nitrogens is 1. The fourth-order valence-electron chi connectivity index (χ4n) is 1.15. The molecule has 0 fully saturated rings. The largest absolute Gasteiger partial charge is 0.357 e. The molecule has 1 aromatic rings. The van der Waals surface area contributed by atoms with E-state index in [1.54, 1.807) is 6.20 Å². The lowest BCUT2D eigenvalue weighted by Gasteiger charge is -2.20. The van der Waals surface area contributed by atoms with Gasteiger partial charge in [0.2, 0.25) is 0 Å². The maximum Gasteiger partial charge on any atom is 0.147 e. The minimum Gasteiger partial charge on any atom is -0.357 e. The Hall–Kier alpha value is 0.200. The number of hydrogen-bond acceptors (Lipinski definition) is 2. The van der Waals surface area contributed by atoms with E-state index in [1.165, 1.54) is 0 Å². The third-order valence-electron chi connectivity index (χ3n) is 1.68. The second-order valence-corrected chi connectivity index (χ2v) is 6.01. The smallest absolute Gasteiger partial charge is 0.147 e. The summed E-state index contributed by atoms with van der Waals surface area (Å²) < 4.78 is 0.895. The molecule has 0 radical (unpaired) electrons. The Labute approximate surface area is 106 Å². The molecule has 0 amide bonds. The summed E-state index contributed by atoms with van der Waals surface area (Å²) in [5.74, 6) is 0.807. The average Bonchev–Trinajstić information content (AvgIpc) is 2.01. The predicted molar refractivity (Wildman–Crippen MR) is 68.6 cm³/mol. The maximum atomic E-state index is 6.06. The van der Waals surface area contributed by atoms with Crippen molar-refractivity contribution >= 4 is 49.3 Å². The van der Waals surface area contributed by atoms with E-state index in [1.807, 2.05) is 18.0 Å². The zero-order valence-electron chi connectivity index (χ0n) is 7.97. The van der Waals surface area contributed by atoms with Crippen molar-refractivity contribution in [2.75, 3.05) is 18.5 Å². The molecule has 0 saturated heterocycles. The number of rotatable bonds is 3. The van der Waals surface area contributed by atoms with Crippen LogP contribution in [0.1, 0.15) is 6.92 Å². The summed E-state index contributed by atoms with van der Waals surface area (Å²) in [6.07, 6.45) is 1.75. The first-order valence-electron chi connectivity index (χ1n) is 4.17. The molecule has 0 aliphatic heterocycles. The fourth-order valence-corrected chi connectivity index (χ4v) is 2.36. The summed E-state index contributed by atoms with van der Waals surface area (Å²) in [5, 5.41) is 0.662. The monoisotopic (exact) mass is 340 g/mol. The Bertz CT molecular complexity index is 318. The second kappa shape index (κ2) is 5.33. The van der Waals surface area contributed by atoms with Gasteiger partial charge in [-0.25, -0.2) is 4.98 Å². The summed E-state index contributed by atoms with van der Waals surface area (Å²) in [7, 11) is 1.97. The van der Waals surface area contributed by atoms with Gasteiger partial charge in [-0.05, 0) is 22.0 Å². The van der Waals surface area contributed by atoms with E-state index in [-0.39, 0.29) is 0 Å². The third-order valence-corrected chi connectivity index (χ3v) is 2.68. The van der Waals surface area contributed by atoms with Crippen molar-refractivity contribution in [1.29, 1.82) is 0 Å². The summed E-state index contributed by atoms with van der Waals surface area (Å²) in [4.78, 5) is 6.69. The Morgan fingerprint density at radius 2 is 2.29 bits per heavy atom. The number of pyridine rings is 1. The SMILES string of the molecule is CC(Br)CN(C)c1ncc(Br)cc1Cl. The molecule has 0 aromatic carbocycles. The van der Waals surface area contributed by atoms with E-state index in [2.05, 4.69) is 43.8 Å². The second-order valence-electron chi connectivity index (χ2n) is 3.12. The fraction of sp³-hybridized carbons (Fsp3) is 0.444. The van der Waals surface area contributed by atoms with E-state index < -0.39 is 0 Å². The van der Waals surface area contributed by atoms with Crippen LogP contribution in [0.2, 0.25) is 5.02 Å². The number of halogens is 3. The van der Waals surface area contributed by atoms with Crippen molar-refractivity contribution in [3.63, 3.8) is 0 Å². The summed E-state index contributed by atoms with van der Waals surface area (Å²) in [6.45, 7) is 2.96. The Balaban J connectivity index is 2.84. The van der Waals surface area contributed by atoms with Gasteiger partial charge in [-0.15, -0.1) is 0 Å². The standard InChI is InChI=1S/C9H11Br2ClN2/c1-6(10)5-14(2)9-8(12)3-7(11)4-13-9/h3-4,6H,5H2,1-2H3. The lowest BCUT2D eigenvalue weighted by Crippen LogP contribution is -2.25. The van der Waals surface area contributed by atoms with E-state index >= 15 is 0 Å². The van der Waals surface area contributed by atoms with E-state index in [9.17, 15) is 0 Å². The first-order valence-corrected chi connectivity index (χ1v) is 6.25. The predicted octanol–water partition coefficient (Wildman–Crippen LogP) is 3.72. The van der Waals surface area contributed by atoms with Crippen LogP contribution in [0, 0.1) is 0 Å². The quantitative estimate of drug-likeness (QED) is 0.779. The molecule has 0 spiro atoms. The van der Waals surface area contributed by atoms with Crippen LogP contribution in [0.3, 0.4) is 0 Å². The first-order chi connectivity index (χ1) is 6.50. The van der Waals surface area contributed by atoms with Gasteiger partial charge in [0, 0.05) is 29.1 Å². The van der Waals surface area contributed by atoms with Gasteiger partial charge >= 0.3 is 0 Å². The number of nitrogens with zero attached hydrogens (tertiary/aromatic N) is 2. The van der Waals surface area contributed by atoms with Crippen molar-refractivity contribution in [2.24, 2.45) is 0 Å². The van der Waals surface area contributed by atoms with E-state index in [0.29, 0.717) is 9.85 Å². The molecule has 1 aromatic heterocycles. The molecular weight excluding hydrogens is 331 g/mol. The van der Waals surface area contributed by atoms with E-state index in [4.69, 9.17) is 11.6 Å². The zero-order valence-corrected chi connectivity index (χ0v) is 11.9. The zero-order chi connectivity index (χ0) is 10.7. The van der Waals surface area contributed by atoms with Crippen LogP contribution in [0.25, 0.3) is 0 Å². The number of alkyl halides is 1. The molecule has 2 nitrogen and oxygen atoms in total. The first kappa shape index (κ1) is 12.3. The molecule has 1 atom stereocenters. The van der Waals surface area contributed by atoms with Gasteiger partial charge in [-0.1, -0.05) is 34.5 Å². The number of hydrogen-bond donors (Lipinski definition) is 0. The highest BCUT2D eigenvalue weighted by atomic mass is 79.9. The van der Waals surface area contributed by atoms with Crippen molar-refractivity contribution in [3.8, 4) is 0 Å². The highest BCUT2D eigenvalue weighted by Gasteiger charge is 2.09. The lowest BCUT2D eigenvalue weighted by atomic mass is 10.4. The van der Waals surface area contributed by atoms with Crippen LogP contribution in [0.4, 0.5) is 5.82 Å². The maximum absolute atomic E-state index is 6.06. The summed E-state index contributed by atoms with van der Waals surface area (Å²) >= 11 is 12.9. The van der Waals surface area contributed by atoms with Gasteiger partial charge < -0.3 is 4.90 Å². The van der Waals surface area contributed by atoms with Crippen molar-refractivity contribution in [2.45, 2.75) is 11.8 Å². The average molecular weight is 342 g/mol. The normalized spacial score (nSPS) is 12.6. The number of anilines is 1. The van der Waals surface area contributed by atoms with Crippen LogP contribution >= 0.6 is 43.5 Å². The molecule has 1 rings (SSSR count). The van der Waals surface area contributed by atoms with Gasteiger partial charge in [0.25, 0.3) is 0 Å². The molecule has 0 saturated carbocycles. The minimum atomic E-state index is 0.411. The third kappa shape index (κ3) is 3.41. The van der Waals surface area contributed by atoms with Crippen molar-refractivity contribution in [1.82, 2.24) is 4.98 Å². The van der Waals surface area contributed by atoms with Crippen LogP contribution in [-0.2, 0) is 0 Å². The molecule has 78 valence electrons. The van der Waals surface area contributed by atoms with Crippen LogP contribution < -0.4 is 4.90 Å². The van der Waals surface area contributed by atoms with Gasteiger partial charge in [0.15, 0.2) is 0 Å². The Kier molecular flexibility index (Phi) is 4.67. The lowest BCUT2D eigenvalue weighted by molar-refractivity contribution is 0.860. The molecule has 5 heteroatoms. The molecule has 1 heterocycles. The highest BCUT2D eigenvalue weighted by Crippen LogP contribution is 2.25. The van der Waals surface area contributed by atoms with Gasteiger partial charge in [0.1, 0.15) is 5.82 Å². The molecule has 0 bridgehead atoms. The summed E-state index contributed by atoms with van der Waals surface area (Å²) in [6, 6.07) is 1.85. The molecule has 0 aliphatic rings. The minimum absolute atomic E-state index is 0.411. The molecule has 14 heavy (non-hydrogen) atoms. The highest BCUT2D eigenvalue weighted by molar-refractivity contribution is 9.10. The van der Waals surface area contributed by atoms with Gasteiger partial charge in [-0.3, -0.25) is 0 Å². The van der Waals surface area contributed by atoms with Crippen LogP contribution in [-0.4, -0.2) is 23.4 Å².